The lowest BCUT2D eigenvalue weighted by Gasteiger charge is -2.13. The molecule has 0 saturated heterocycles. The van der Waals surface area contributed by atoms with E-state index in [1.165, 1.54) is 16.5 Å². The third kappa shape index (κ3) is 6.19. The number of aromatic nitrogens is 4. The fraction of sp³-hybridized carbons (Fsp3) is 0.393. The van der Waals surface area contributed by atoms with Gasteiger partial charge >= 0.3 is 5.69 Å². The van der Waals surface area contributed by atoms with Crippen molar-refractivity contribution in [1.82, 2.24) is 24.1 Å². The molecule has 4 aromatic rings. The van der Waals surface area contributed by atoms with Crippen LogP contribution in [-0.4, -0.2) is 55.1 Å². The Morgan fingerprint density at radius 2 is 1.77 bits per heavy atom. The number of nitrogens with one attached hydrogen (secondary N) is 2. The molecule has 2 N–H and O–H groups in total. The Labute approximate surface area is 233 Å². The first-order valence-electron chi connectivity index (χ1n) is 13.1. The monoisotopic (exact) mass is 569 g/mol. The van der Waals surface area contributed by atoms with Gasteiger partial charge in [0, 0.05) is 18.7 Å². The minimum absolute atomic E-state index is 0.0519. The lowest BCUT2D eigenvalue weighted by molar-refractivity contribution is 0.134. The van der Waals surface area contributed by atoms with Crippen LogP contribution in [0.15, 0.2) is 46.1 Å². The first kappa shape index (κ1) is 29.2. The quantitative estimate of drug-likeness (QED) is 0.250. The second-order valence-electron chi connectivity index (χ2n) is 9.20. The maximum Gasteiger partial charge on any atom is 0.334 e. The Bertz CT molecular complexity index is 1660. The standard InChI is InChI=1S/C28H35N5O6S/c1-6-8-23-27-31-26(32-28(34)33(27)18(3)30-23)22-16-21(11-10-20(22)17-39-7-2)40(35,36)29-14-13-19-9-12-24(37-4)25(15-19)38-5/h9-12,15-16,29H,6-8,13-14,17H2,1-5H3,(H,31,32,34). The number of fused-ring (bicyclic) bond motifs is 1. The number of imidazole rings is 1. The summed E-state index contributed by atoms with van der Waals surface area (Å²) in [4.78, 5) is 25.1. The Morgan fingerprint density at radius 1 is 1.00 bits per heavy atom. The summed E-state index contributed by atoms with van der Waals surface area (Å²) in [5, 5.41) is 0. The number of ether oxygens (including phenoxy) is 3. The van der Waals surface area contributed by atoms with Gasteiger partial charge in [-0.15, -0.1) is 0 Å². The second kappa shape index (κ2) is 12.6. The van der Waals surface area contributed by atoms with E-state index < -0.39 is 15.7 Å². The molecule has 2 aromatic carbocycles. The zero-order valence-corrected chi connectivity index (χ0v) is 24.2. The van der Waals surface area contributed by atoms with Crippen molar-refractivity contribution in [3.63, 3.8) is 0 Å². The first-order valence-corrected chi connectivity index (χ1v) is 14.6. The number of rotatable bonds is 13. The van der Waals surface area contributed by atoms with Crippen molar-refractivity contribution in [2.24, 2.45) is 0 Å². The Morgan fingerprint density at radius 3 is 2.48 bits per heavy atom. The summed E-state index contributed by atoms with van der Waals surface area (Å²) in [6.07, 6.45) is 1.95. The van der Waals surface area contributed by atoms with E-state index in [1.807, 2.05) is 26.0 Å². The van der Waals surface area contributed by atoms with E-state index in [4.69, 9.17) is 19.2 Å². The molecule has 0 amide bonds. The Hall–Kier alpha value is -3.74. The van der Waals surface area contributed by atoms with Gasteiger partial charge in [0.05, 0.1) is 31.4 Å². The number of benzene rings is 2. The molecule has 0 aliphatic rings. The molecule has 4 rings (SSSR count). The van der Waals surface area contributed by atoms with E-state index in [9.17, 15) is 13.2 Å². The van der Waals surface area contributed by atoms with Gasteiger partial charge in [-0.3, -0.25) is 4.98 Å². The molecule has 40 heavy (non-hydrogen) atoms. The van der Waals surface area contributed by atoms with Gasteiger partial charge < -0.3 is 14.2 Å². The van der Waals surface area contributed by atoms with Crippen molar-refractivity contribution in [1.29, 1.82) is 0 Å². The molecule has 0 unspecified atom stereocenters. The molecule has 0 fully saturated rings. The van der Waals surface area contributed by atoms with Crippen LogP contribution in [0.2, 0.25) is 0 Å². The van der Waals surface area contributed by atoms with Crippen LogP contribution in [0.1, 0.15) is 42.9 Å². The lowest BCUT2D eigenvalue weighted by atomic mass is 10.1. The summed E-state index contributed by atoms with van der Waals surface area (Å²) in [7, 11) is -0.766. The number of aryl methyl sites for hydroxylation is 2. The fourth-order valence-corrected chi connectivity index (χ4v) is 5.55. The van der Waals surface area contributed by atoms with Crippen LogP contribution in [0.4, 0.5) is 0 Å². The van der Waals surface area contributed by atoms with Gasteiger partial charge in [-0.1, -0.05) is 25.5 Å². The normalized spacial score (nSPS) is 11.7. The highest BCUT2D eigenvalue weighted by Crippen LogP contribution is 2.28. The molecule has 2 aromatic heterocycles. The van der Waals surface area contributed by atoms with Gasteiger partial charge in [0.2, 0.25) is 10.0 Å². The van der Waals surface area contributed by atoms with Crippen molar-refractivity contribution in [3.8, 4) is 22.9 Å². The van der Waals surface area contributed by atoms with Crippen LogP contribution in [0.25, 0.3) is 17.0 Å². The molecule has 0 bridgehead atoms. The maximum absolute atomic E-state index is 13.3. The summed E-state index contributed by atoms with van der Waals surface area (Å²) >= 11 is 0. The van der Waals surface area contributed by atoms with Gasteiger partial charge in [0.25, 0.3) is 0 Å². The Kier molecular flexibility index (Phi) is 9.23. The molecular weight excluding hydrogens is 534 g/mol. The van der Waals surface area contributed by atoms with Crippen LogP contribution >= 0.6 is 0 Å². The zero-order valence-electron chi connectivity index (χ0n) is 23.4. The molecule has 11 nitrogen and oxygen atoms in total. The van der Waals surface area contributed by atoms with E-state index in [0.29, 0.717) is 53.5 Å². The third-order valence-corrected chi connectivity index (χ3v) is 7.94. The van der Waals surface area contributed by atoms with Crippen molar-refractivity contribution < 1.29 is 22.6 Å². The van der Waals surface area contributed by atoms with Gasteiger partial charge in [0.1, 0.15) is 11.6 Å². The first-order chi connectivity index (χ1) is 19.2. The summed E-state index contributed by atoms with van der Waals surface area (Å²) in [5.41, 5.74) is 2.85. The van der Waals surface area contributed by atoms with E-state index in [1.54, 1.807) is 33.3 Å². The molecular formula is C28H35N5O6S. The number of H-pyrrole nitrogens is 1. The highest BCUT2D eigenvalue weighted by Gasteiger charge is 2.20. The van der Waals surface area contributed by atoms with Gasteiger partial charge in [-0.2, -0.15) is 0 Å². The molecule has 0 aliphatic heterocycles. The summed E-state index contributed by atoms with van der Waals surface area (Å²) in [5.74, 6) is 1.98. The van der Waals surface area contributed by atoms with E-state index in [2.05, 4.69) is 14.7 Å². The SMILES string of the molecule is CCCc1nc(C)n2c(=O)[nH]c(-c3cc(S(=O)(=O)NCCc4ccc(OC)c(OC)c4)ccc3COCC)nc12. The third-order valence-electron chi connectivity index (χ3n) is 6.49. The molecule has 0 spiro atoms. The van der Waals surface area contributed by atoms with E-state index in [-0.39, 0.29) is 23.9 Å². The fourth-order valence-electron chi connectivity index (χ4n) is 4.49. The summed E-state index contributed by atoms with van der Waals surface area (Å²) in [6.45, 7) is 6.53. The zero-order chi connectivity index (χ0) is 28.9. The average molecular weight is 570 g/mol. The Balaban J connectivity index is 1.66. The molecule has 0 atom stereocenters. The number of hydrogen-bond acceptors (Lipinski definition) is 8. The second-order valence-corrected chi connectivity index (χ2v) is 11.0. The van der Waals surface area contributed by atoms with E-state index >= 15 is 0 Å². The summed E-state index contributed by atoms with van der Waals surface area (Å²) < 4.78 is 46.9. The molecule has 214 valence electrons. The van der Waals surface area contributed by atoms with Crippen molar-refractivity contribution in [2.75, 3.05) is 27.4 Å². The van der Waals surface area contributed by atoms with Crippen LogP contribution in [0, 0.1) is 6.92 Å². The largest absolute Gasteiger partial charge is 0.493 e. The van der Waals surface area contributed by atoms with Crippen LogP contribution in [0.5, 0.6) is 11.5 Å². The van der Waals surface area contributed by atoms with Crippen molar-refractivity contribution >= 4 is 15.7 Å². The molecule has 0 aliphatic carbocycles. The highest BCUT2D eigenvalue weighted by atomic mass is 32.2. The van der Waals surface area contributed by atoms with Crippen molar-refractivity contribution in [2.45, 2.75) is 51.5 Å². The van der Waals surface area contributed by atoms with Gasteiger partial charge in [0.15, 0.2) is 17.1 Å². The predicted octanol–water partition coefficient (Wildman–Crippen LogP) is 3.42. The van der Waals surface area contributed by atoms with Gasteiger partial charge in [-0.25, -0.2) is 32.3 Å². The number of nitrogens with zero attached hydrogens (tertiary/aromatic N) is 3. The number of sulfonamides is 1. The van der Waals surface area contributed by atoms with E-state index in [0.717, 1.165) is 17.7 Å². The molecule has 0 radical (unpaired) electrons. The molecule has 2 heterocycles. The van der Waals surface area contributed by atoms with Crippen LogP contribution in [0.3, 0.4) is 0 Å². The van der Waals surface area contributed by atoms with Gasteiger partial charge in [-0.05, 0) is 62.1 Å². The van der Waals surface area contributed by atoms with Crippen LogP contribution < -0.4 is 19.9 Å². The number of aromatic amines is 1. The minimum atomic E-state index is -3.88. The smallest absolute Gasteiger partial charge is 0.334 e. The summed E-state index contributed by atoms with van der Waals surface area (Å²) in [6, 6.07) is 10.2. The topological polar surface area (TPSA) is 137 Å². The number of hydrogen-bond donors (Lipinski definition) is 2. The molecule has 0 saturated carbocycles. The minimum Gasteiger partial charge on any atom is -0.493 e. The maximum atomic E-state index is 13.3. The number of methoxy groups -OCH3 is 2. The molecule has 12 heteroatoms. The predicted molar refractivity (Wildman–Crippen MR) is 152 cm³/mol. The van der Waals surface area contributed by atoms with Crippen molar-refractivity contribution in [3.05, 3.63) is 69.5 Å². The van der Waals surface area contributed by atoms with Crippen LogP contribution in [-0.2, 0) is 34.2 Å². The lowest BCUT2D eigenvalue weighted by Crippen LogP contribution is -2.26. The average Bonchev–Trinajstić information content (AvgIpc) is 3.26. The highest BCUT2D eigenvalue weighted by molar-refractivity contribution is 7.89.